The predicted molar refractivity (Wildman–Crippen MR) is 221 cm³/mol. The highest BCUT2D eigenvalue weighted by Crippen LogP contribution is 2.41. The summed E-state index contributed by atoms with van der Waals surface area (Å²) in [6, 6.07) is 49.6. The number of benzene rings is 5. The van der Waals surface area contributed by atoms with Crippen molar-refractivity contribution in [3.05, 3.63) is 196 Å². The Morgan fingerprint density at radius 2 is 1.12 bits per heavy atom. The Kier molecular flexibility index (Phi) is 14.7. The van der Waals surface area contributed by atoms with E-state index < -0.39 is 35.9 Å². The van der Waals surface area contributed by atoms with E-state index in [1.807, 2.05) is 146 Å². The molecule has 1 fully saturated rings. The molecular weight excluding hydrogens is 759 g/mol. The van der Waals surface area contributed by atoms with Gasteiger partial charge in [0.2, 0.25) is 5.88 Å². The smallest absolute Gasteiger partial charge is 0.233 e. The largest absolute Gasteiger partial charge is 0.477 e. The molecule has 0 radical (unpaired) electrons. The second-order valence-electron chi connectivity index (χ2n) is 13.8. The number of hydrogen-bond acceptors (Lipinski definition) is 8. The van der Waals surface area contributed by atoms with Gasteiger partial charge >= 0.3 is 0 Å². The van der Waals surface area contributed by atoms with Gasteiger partial charge in [-0.1, -0.05) is 139 Å². The van der Waals surface area contributed by atoms with Gasteiger partial charge in [-0.3, -0.25) is 0 Å². The average Bonchev–Trinajstić information content (AvgIpc) is 3.26. The van der Waals surface area contributed by atoms with Crippen molar-refractivity contribution in [1.82, 2.24) is 10.2 Å². The Labute approximate surface area is 344 Å². The number of nitrogens with zero attached hydrogens (tertiary/aromatic N) is 2. The Hall–Kier alpha value is -4.64. The highest BCUT2D eigenvalue weighted by molar-refractivity contribution is 6.33. The molecule has 6 aromatic rings. The van der Waals surface area contributed by atoms with Crippen molar-refractivity contribution < 1.29 is 28.4 Å². The number of ether oxygens (including phenoxy) is 6. The van der Waals surface area contributed by atoms with Gasteiger partial charge < -0.3 is 28.4 Å². The van der Waals surface area contributed by atoms with Crippen LogP contribution in [-0.4, -0.2) is 47.8 Å². The summed E-state index contributed by atoms with van der Waals surface area (Å²) in [5.74, 6) is 0.421. The molecule has 6 atom stereocenters. The van der Waals surface area contributed by atoms with Crippen LogP contribution >= 0.6 is 23.2 Å². The molecule has 1 aliphatic rings. The predicted octanol–water partition coefficient (Wildman–Crippen LogP) is 10.3. The second kappa shape index (κ2) is 20.7. The summed E-state index contributed by atoms with van der Waals surface area (Å²) in [7, 11) is 0. The lowest BCUT2D eigenvalue weighted by Crippen LogP contribution is -2.58. The molecule has 0 N–H and O–H groups in total. The Bertz CT molecular complexity index is 2080. The van der Waals surface area contributed by atoms with Crippen molar-refractivity contribution in [1.29, 1.82) is 0 Å². The number of aromatic nitrogens is 2. The molecule has 0 spiro atoms. The number of rotatable bonds is 18. The van der Waals surface area contributed by atoms with Crippen LogP contribution in [0.2, 0.25) is 5.02 Å². The van der Waals surface area contributed by atoms with Crippen molar-refractivity contribution in [2.75, 3.05) is 13.2 Å². The van der Waals surface area contributed by atoms with Crippen LogP contribution in [0, 0.1) is 0 Å². The van der Waals surface area contributed by atoms with Crippen LogP contribution in [-0.2, 0) is 50.1 Å². The normalized spacial score (nSPS) is 19.9. The lowest BCUT2D eigenvalue weighted by atomic mass is 9.89. The number of halogens is 2. The van der Waals surface area contributed by atoms with Gasteiger partial charge in [0.15, 0.2) is 0 Å². The van der Waals surface area contributed by atoms with Gasteiger partial charge in [-0.15, -0.1) is 21.8 Å². The van der Waals surface area contributed by atoms with Gasteiger partial charge in [-0.25, -0.2) is 0 Å². The Morgan fingerprint density at radius 3 is 1.65 bits per heavy atom. The molecule has 57 heavy (non-hydrogen) atoms. The van der Waals surface area contributed by atoms with Gasteiger partial charge in [0.1, 0.15) is 35.9 Å². The van der Waals surface area contributed by atoms with Crippen molar-refractivity contribution >= 4 is 23.2 Å². The Morgan fingerprint density at radius 1 is 0.596 bits per heavy atom. The Balaban J connectivity index is 1.27. The molecule has 1 aromatic heterocycles. The first-order valence-corrected chi connectivity index (χ1v) is 20.0. The summed E-state index contributed by atoms with van der Waals surface area (Å²) >= 11 is 14.0. The van der Waals surface area contributed by atoms with E-state index in [4.69, 9.17) is 51.6 Å². The van der Waals surface area contributed by atoms with Crippen molar-refractivity contribution in [3.63, 3.8) is 0 Å². The van der Waals surface area contributed by atoms with Gasteiger partial charge in [-0.05, 0) is 58.5 Å². The quantitative estimate of drug-likeness (QED) is 0.0795. The van der Waals surface area contributed by atoms with E-state index in [0.717, 1.165) is 27.8 Å². The SMILES string of the molecule is CCOc1ccc(C(Cl)c2cc(C3O[C@H](COCc4ccccc4)[C@@H](OCc4ccccc4)[C@H](OCc4ccccc4)[C@H]3OCc3ccccc3)ccc2Cl)nn1. The third kappa shape index (κ3) is 11.1. The van der Waals surface area contributed by atoms with Crippen LogP contribution in [0.15, 0.2) is 152 Å². The fourth-order valence-corrected chi connectivity index (χ4v) is 7.42. The highest BCUT2D eigenvalue weighted by Gasteiger charge is 2.49. The minimum absolute atomic E-state index is 0.238. The molecule has 10 heteroatoms. The fourth-order valence-electron chi connectivity index (χ4n) is 6.84. The van der Waals surface area contributed by atoms with E-state index in [-0.39, 0.29) is 6.61 Å². The first-order valence-electron chi connectivity index (χ1n) is 19.2. The van der Waals surface area contributed by atoms with Crippen molar-refractivity contribution in [2.24, 2.45) is 0 Å². The molecule has 0 amide bonds. The second-order valence-corrected chi connectivity index (χ2v) is 14.6. The van der Waals surface area contributed by atoms with Crippen LogP contribution in [0.25, 0.3) is 0 Å². The third-order valence-corrected chi connectivity index (χ3v) is 10.5. The molecule has 0 bridgehead atoms. The van der Waals surface area contributed by atoms with Crippen LogP contribution in [0.1, 0.15) is 57.5 Å². The summed E-state index contributed by atoms with van der Waals surface area (Å²) in [6.45, 7) is 4.01. The average molecular weight is 806 g/mol. The zero-order valence-electron chi connectivity index (χ0n) is 31.7. The molecule has 0 saturated carbocycles. The summed E-state index contributed by atoms with van der Waals surface area (Å²) in [4.78, 5) is 0. The molecule has 0 aliphatic carbocycles. The van der Waals surface area contributed by atoms with E-state index in [2.05, 4.69) is 10.2 Å². The monoisotopic (exact) mass is 804 g/mol. The maximum atomic E-state index is 7.13. The van der Waals surface area contributed by atoms with Crippen LogP contribution in [0.4, 0.5) is 0 Å². The fraction of sp³-hybridized carbons (Fsp3) is 0.277. The number of hydrogen-bond donors (Lipinski definition) is 0. The molecule has 1 aliphatic heterocycles. The molecule has 294 valence electrons. The maximum Gasteiger partial charge on any atom is 0.233 e. The van der Waals surface area contributed by atoms with Crippen LogP contribution in [0.5, 0.6) is 5.88 Å². The first kappa shape index (κ1) is 40.6. The summed E-state index contributed by atoms with van der Waals surface area (Å²) in [6.07, 6.45) is -2.99. The molecule has 2 unspecified atom stereocenters. The zero-order chi connectivity index (χ0) is 39.2. The standard InChI is InChI=1S/C47H46Cl2N2O6/c1-2-53-42-26-25-40(50-51-42)43(49)38-27-37(23-24-39(38)48)44-46(55-30-35-19-11-5-12-20-35)47(56-31-36-21-13-6-14-22-36)45(54-29-34-17-9-4-10-18-34)41(57-44)32-52-28-33-15-7-3-8-16-33/h3-27,41,43-47H,2,28-32H2,1H3/t41-,43?,44?,45-,46+,47+/m1/s1. The van der Waals surface area contributed by atoms with Gasteiger partial charge in [0.05, 0.1) is 45.3 Å². The van der Waals surface area contributed by atoms with E-state index in [1.165, 1.54) is 0 Å². The topological polar surface area (TPSA) is 81.2 Å². The maximum absolute atomic E-state index is 7.13. The van der Waals surface area contributed by atoms with E-state index >= 15 is 0 Å². The first-order chi connectivity index (χ1) is 28.1. The van der Waals surface area contributed by atoms with E-state index in [1.54, 1.807) is 12.1 Å². The van der Waals surface area contributed by atoms with Crippen molar-refractivity contribution in [2.45, 2.75) is 69.2 Å². The minimum atomic E-state index is -0.704. The zero-order valence-corrected chi connectivity index (χ0v) is 33.3. The summed E-state index contributed by atoms with van der Waals surface area (Å²) < 4.78 is 39.7. The van der Waals surface area contributed by atoms with Crippen LogP contribution < -0.4 is 4.74 Å². The van der Waals surface area contributed by atoms with Gasteiger partial charge in [0, 0.05) is 11.1 Å². The molecule has 2 heterocycles. The van der Waals surface area contributed by atoms with Crippen LogP contribution in [0.3, 0.4) is 0 Å². The number of alkyl halides is 1. The summed E-state index contributed by atoms with van der Waals surface area (Å²) in [5.41, 5.74) is 6.11. The van der Waals surface area contributed by atoms with E-state index in [0.29, 0.717) is 55.2 Å². The van der Waals surface area contributed by atoms with Gasteiger partial charge in [-0.2, -0.15) is 0 Å². The lowest BCUT2D eigenvalue weighted by Gasteiger charge is -2.46. The molecule has 5 aromatic carbocycles. The molecular formula is C47H46Cl2N2O6. The van der Waals surface area contributed by atoms with Gasteiger partial charge in [0.25, 0.3) is 0 Å². The highest BCUT2D eigenvalue weighted by atomic mass is 35.5. The molecule has 1 saturated heterocycles. The lowest BCUT2D eigenvalue weighted by molar-refractivity contribution is -0.275. The third-order valence-electron chi connectivity index (χ3n) is 9.72. The van der Waals surface area contributed by atoms with Crippen molar-refractivity contribution in [3.8, 4) is 5.88 Å². The molecule has 7 rings (SSSR count). The molecule has 8 nitrogen and oxygen atoms in total. The van der Waals surface area contributed by atoms with E-state index in [9.17, 15) is 0 Å². The summed E-state index contributed by atoms with van der Waals surface area (Å²) in [5, 5.41) is 8.33. The minimum Gasteiger partial charge on any atom is -0.477 e.